The Labute approximate surface area is 142 Å². The summed E-state index contributed by atoms with van der Waals surface area (Å²) in [5, 5.41) is 18.5. The lowest BCUT2D eigenvalue weighted by molar-refractivity contribution is 0.407. The molecule has 0 N–H and O–H groups in total. The van der Waals surface area contributed by atoms with Crippen molar-refractivity contribution in [2.45, 2.75) is 39.7 Å². The first kappa shape index (κ1) is 16.3. The molecule has 0 saturated carbocycles. The maximum Gasteiger partial charge on any atom is 0.169 e. The third-order valence-corrected chi connectivity index (χ3v) is 4.68. The Morgan fingerprint density at radius 1 is 1.25 bits per heavy atom. The number of hydrogen-bond acceptors (Lipinski definition) is 5. The Balaban J connectivity index is 2.01. The van der Waals surface area contributed by atoms with Crippen molar-refractivity contribution < 1.29 is 4.74 Å². The molecular weight excluding hydrogens is 300 g/mol. The van der Waals surface area contributed by atoms with E-state index in [0.717, 1.165) is 49.4 Å². The fraction of sp³-hybridized carbons (Fsp3) is 0.421. The number of rotatable bonds is 4. The van der Waals surface area contributed by atoms with E-state index in [1.807, 2.05) is 19.1 Å². The molecule has 2 heterocycles. The first-order chi connectivity index (χ1) is 11.7. The van der Waals surface area contributed by atoms with Crippen LogP contribution in [0.4, 0.5) is 5.82 Å². The Morgan fingerprint density at radius 2 is 2.08 bits per heavy atom. The summed E-state index contributed by atoms with van der Waals surface area (Å²) < 4.78 is 5.47. The molecule has 0 saturated heterocycles. The fourth-order valence-corrected chi connectivity index (χ4v) is 3.45. The second kappa shape index (κ2) is 6.88. The zero-order valence-corrected chi connectivity index (χ0v) is 14.5. The molecule has 24 heavy (non-hydrogen) atoms. The van der Waals surface area contributed by atoms with Crippen molar-refractivity contribution in [3.8, 4) is 11.8 Å². The number of aryl methyl sites for hydroxylation is 1. The lowest BCUT2D eigenvalue weighted by Crippen LogP contribution is -2.32. The van der Waals surface area contributed by atoms with E-state index >= 15 is 0 Å². The second-order valence-corrected chi connectivity index (χ2v) is 5.91. The van der Waals surface area contributed by atoms with Crippen LogP contribution in [0.1, 0.15) is 41.8 Å². The van der Waals surface area contributed by atoms with Gasteiger partial charge in [-0.1, -0.05) is 26.0 Å². The molecule has 1 aromatic carbocycles. The van der Waals surface area contributed by atoms with Gasteiger partial charge in [-0.05, 0) is 36.5 Å². The van der Waals surface area contributed by atoms with Crippen molar-refractivity contribution in [2.24, 2.45) is 0 Å². The summed E-state index contributed by atoms with van der Waals surface area (Å²) in [6.45, 7) is 5.65. The predicted octanol–water partition coefficient (Wildman–Crippen LogP) is 3.04. The van der Waals surface area contributed by atoms with Crippen molar-refractivity contribution in [1.82, 2.24) is 10.2 Å². The first-order valence-electron chi connectivity index (χ1n) is 8.41. The topological polar surface area (TPSA) is 62.0 Å². The third kappa shape index (κ3) is 2.69. The second-order valence-electron chi connectivity index (χ2n) is 5.91. The van der Waals surface area contributed by atoms with Gasteiger partial charge in [0.2, 0.25) is 0 Å². The average Bonchev–Trinajstić information content (AvgIpc) is 2.65. The van der Waals surface area contributed by atoms with Gasteiger partial charge < -0.3 is 9.64 Å². The lowest BCUT2D eigenvalue weighted by atomic mass is 9.97. The molecule has 5 heteroatoms. The number of methoxy groups -OCH3 is 1. The Kier molecular flexibility index (Phi) is 4.66. The smallest absolute Gasteiger partial charge is 0.169 e. The number of nitrogens with zero attached hydrogens (tertiary/aromatic N) is 4. The number of fused-ring (bicyclic) bond motifs is 1. The molecule has 0 amide bonds. The zero-order chi connectivity index (χ0) is 17.1. The molecular formula is C19H22N4O. The van der Waals surface area contributed by atoms with Crippen molar-refractivity contribution in [3.63, 3.8) is 0 Å². The molecule has 1 aliphatic rings. The van der Waals surface area contributed by atoms with E-state index in [1.54, 1.807) is 7.11 Å². The molecule has 0 bridgehead atoms. The number of nitriles is 1. The molecule has 124 valence electrons. The quantitative estimate of drug-likeness (QED) is 0.866. The van der Waals surface area contributed by atoms with Crippen LogP contribution in [0.25, 0.3) is 0 Å². The minimum absolute atomic E-state index is 0.677. The van der Waals surface area contributed by atoms with Gasteiger partial charge in [-0.25, -0.2) is 0 Å². The van der Waals surface area contributed by atoms with Gasteiger partial charge >= 0.3 is 0 Å². The van der Waals surface area contributed by atoms with Crippen LogP contribution in [0.3, 0.4) is 0 Å². The van der Waals surface area contributed by atoms with E-state index in [4.69, 9.17) is 4.74 Å². The highest BCUT2D eigenvalue weighted by Gasteiger charge is 2.24. The van der Waals surface area contributed by atoms with Crippen molar-refractivity contribution in [1.29, 1.82) is 5.26 Å². The van der Waals surface area contributed by atoms with Crippen LogP contribution in [0.15, 0.2) is 18.2 Å². The van der Waals surface area contributed by atoms with E-state index in [0.29, 0.717) is 11.4 Å². The van der Waals surface area contributed by atoms with E-state index in [2.05, 4.69) is 34.2 Å². The van der Waals surface area contributed by atoms with Crippen molar-refractivity contribution in [2.75, 3.05) is 18.6 Å². The highest BCUT2D eigenvalue weighted by Crippen LogP contribution is 2.31. The molecule has 0 unspecified atom stereocenters. The number of hydrogen-bond donors (Lipinski definition) is 0. The van der Waals surface area contributed by atoms with Crippen LogP contribution < -0.4 is 9.64 Å². The molecule has 3 rings (SSSR count). The fourth-order valence-electron chi connectivity index (χ4n) is 3.45. The van der Waals surface area contributed by atoms with Crippen LogP contribution in [-0.2, 0) is 25.8 Å². The van der Waals surface area contributed by atoms with Gasteiger partial charge in [0.15, 0.2) is 5.82 Å². The van der Waals surface area contributed by atoms with Gasteiger partial charge in [-0.3, -0.25) is 0 Å². The lowest BCUT2D eigenvalue weighted by Gasteiger charge is -2.31. The molecule has 0 atom stereocenters. The molecule has 5 nitrogen and oxygen atoms in total. The Hall–Kier alpha value is -2.61. The van der Waals surface area contributed by atoms with Crippen LogP contribution in [-0.4, -0.2) is 23.9 Å². The van der Waals surface area contributed by atoms with Gasteiger partial charge in [0.25, 0.3) is 0 Å². The van der Waals surface area contributed by atoms with E-state index in [-0.39, 0.29) is 0 Å². The van der Waals surface area contributed by atoms with Gasteiger partial charge in [0.1, 0.15) is 17.4 Å². The molecule has 2 aromatic rings. The predicted molar refractivity (Wildman–Crippen MR) is 93.3 cm³/mol. The summed E-state index contributed by atoms with van der Waals surface area (Å²) in [5.41, 5.74) is 5.11. The highest BCUT2D eigenvalue weighted by molar-refractivity contribution is 5.60. The summed E-state index contributed by atoms with van der Waals surface area (Å²) in [6.07, 6.45) is 2.47. The highest BCUT2D eigenvalue weighted by atomic mass is 16.5. The maximum absolute atomic E-state index is 9.69. The summed E-state index contributed by atoms with van der Waals surface area (Å²) >= 11 is 0. The molecule has 0 fully saturated rings. The van der Waals surface area contributed by atoms with Crippen molar-refractivity contribution >= 4 is 5.82 Å². The average molecular weight is 322 g/mol. The Bertz CT molecular complexity index is 795. The number of aromatic nitrogens is 2. The Morgan fingerprint density at radius 3 is 2.75 bits per heavy atom. The van der Waals surface area contributed by atoms with Gasteiger partial charge in [-0.15, -0.1) is 5.10 Å². The van der Waals surface area contributed by atoms with Gasteiger partial charge in [0.05, 0.1) is 12.8 Å². The molecule has 1 aromatic heterocycles. The van der Waals surface area contributed by atoms with Crippen LogP contribution in [0.2, 0.25) is 0 Å². The summed E-state index contributed by atoms with van der Waals surface area (Å²) in [6, 6.07) is 8.49. The molecule has 0 radical (unpaired) electrons. The van der Waals surface area contributed by atoms with Gasteiger partial charge in [0, 0.05) is 18.7 Å². The van der Waals surface area contributed by atoms with E-state index in [9.17, 15) is 5.26 Å². The number of benzene rings is 1. The molecule has 0 spiro atoms. The molecule has 1 aliphatic heterocycles. The monoisotopic (exact) mass is 322 g/mol. The minimum Gasteiger partial charge on any atom is -0.496 e. The third-order valence-electron chi connectivity index (χ3n) is 4.68. The van der Waals surface area contributed by atoms with E-state index < -0.39 is 0 Å². The normalized spacial score (nSPS) is 13.3. The standard InChI is InChI=1S/C19H22N4O/c1-4-14-16(11-20)19(22-21-17(14)5-2)23-10-9-15-13(12-23)7-6-8-18(15)24-3/h6-8H,4-5,9-10,12H2,1-3H3. The summed E-state index contributed by atoms with van der Waals surface area (Å²) in [4.78, 5) is 2.16. The largest absolute Gasteiger partial charge is 0.496 e. The summed E-state index contributed by atoms with van der Waals surface area (Å²) in [5.74, 6) is 1.65. The van der Waals surface area contributed by atoms with Crippen LogP contribution in [0.5, 0.6) is 5.75 Å². The van der Waals surface area contributed by atoms with Gasteiger partial charge in [-0.2, -0.15) is 10.4 Å². The van der Waals surface area contributed by atoms with Crippen LogP contribution in [0, 0.1) is 11.3 Å². The summed E-state index contributed by atoms with van der Waals surface area (Å²) in [7, 11) is 1.71. The first-order valence-corrected chi connectivity index (χ1v) is 8.41. The minimum atomic E-state index is 0.677. The van der Waals surface area contributed by atoms with Crippen molar-refractivity contribution in [3.05, 3.63) is 46.1 Å². The molecule has 0 aliphatic carbocycles. The number of ether oxygens (including phenoxy) is 1. The zero-order valence-electron chi connectivity index (χ0n) is 14.5. The SMILES string of the molecule is CCc1nnc(N2CCc3c(cccc3OC)C2)c(C#N)c1CC. The van der Waals surface area contributed by atoms with E-state index in [1.165, 1.54) is 11.1 Å². The number of anilines is 1. The maximum atomic E-state index is 9.69. The van der Waals surface area contributed by atoms with Crippen LogP contribution >= 0.6 is 0 Å².